The molecule has 0 radical (unpaired) electrons. The average Bonchev–Trinajstić information content (AvgIpc) is 3.23. The lowest BCUT2D eigenvalue weighted by atomic mass is 9.96. The molecule has 2 N–H and O–H groups in total. The molecule has 26 heavy (non-hydrogen) atoms. The number of amides is 2. The van der Waals surface area contributed by atoms with Crippen molar-refractivity contribution < 1.29 is 24.2 Å². The number of fused-ring (bicyclic) bond motifs is 1. The first-order valence-corrected chi connectivity index (χ1v) is 9.85. The Morgan fingerprint density at radius 2 is 1.96 bits per heavy atom. The van der Waals surface area contributed by atoms with Crippen molar-refractivity contribution >= 4 is 23.6 Å². The smallest absolute Gasteiger partial charge is 0.408 e. The van der Waals surface area contributed by atoms with Crippen LogP contribution in [0.2, 0.25) is 0 Å². The summed E-state index contributed by atoms with van der Waals surface area (Å²) in [6.45, 7) is 5.85. The predicted molar refractivity (Wildman–Crippen MR) is 96.0 cm³/mol. The zero-order chi connectivity index (χ0) is 19.1. The van der Waals surface area contributed by atoms with Gasteiger partial charge in [0.15, 0.2) is 0 Å². The molecule has 7 nitrogen and oxygen atoms in total. The van der Waals surface area contributed by atoms with E-state index in [0.29, 0.717) is 6.54 Å². The maximum atomic E-state index is 13.3. The van der Waals surface area contributed by atoms with Crippen LogP contribution in [0.1, 0.15) is 46.5 Å². The van der Waals surface area contributed by atoms with E-state index in [1.807, 2.05) is 0 Å². The highest BCUT2D eigenvalue weighted by atomic mass is 35.5. The van der Waals surface area contributed by atoms with E-state index in [0.717, 1.165) is 25.7 Å². The Morgan fingerprint density at radius 3 is 2.58 bits per heavy atom. The van der Waals surface area contributed by atoms with E-state index in [-0.39, 0.29) is 29.9 Å². The normalized spacial score (nSPS) is 33.2. The molecule has 0 aromatic rings. The fourth-order valence-electron chi connectivity index (χ4n) is 4.26. The molecule has 8 heteroatoms. The number of alkyl carbamates (subject to hydrolysis) is 1. The first kappa shape index (κ1) is 19.7. The first-order chi connectivity index (χ1) is 12.2. The zero-order valence-corrected chi connectivity index (χ0v) is 16.4. The minimum absolute atomic E-state index is 0.0716. The van der Waals surface area contributed by atoms with Crippen molar-refractivity contribution in [3.05, 3.63) is 0 Å². The maximum absolute atomic E-state index is 13.3. The first-order valence-electron chi connectivity index (χ1n) is 9.41. The molecule has 0 spiro atoms. The van der Waals surface area contributed by atoms with Crippen molar-refractivity contribution in [2.24, 2.45) is 5.92 Å². The zero-order valence-electron chi connectivity index (χ0n) is 15.6. The van der Waals surface area contributed by atoms with Gasteiger partial charge in [-0.05, 0) is 39.5 Å². The van der Waals surface area contributed by atoms with Crippen molar-refractivity contribution in [1.82, 2.24) is 10.2 Å². The largest absolute Gasteiger partial charge is 0.444 e. The van der Waals surface area contributed by atoms with E-state index < -0.39 is 29.9 Å². The third-order valence-electron chi connectivity index (χ3n) is 5.37. The number of carbonyl (C=O) groups is 2. The van der Waals surface area contributed by atoms with E-state index >= 15 is 0 Å². The minimum atomic E-state index is -0.751. The second-order valence-electron chi connectivity index (χ2n) is 8.53. The number of likely N-dealkylation sites (tertiary alicyclic amines) is 1. The number of ether oxygens (including phenoxy) is 2. The number of nitrogens with one attached hydrogen (secondary N) is 1. The van der Waals surface area contributed by atoms with E-state index in [1.54, 1.807) is 25.7 Å². The Hall–Kier alpha value is -1.05. The molecule has 148 valence electrons. The summed E-state index contributed by atoms with van der Waals surface area (Å²) in [6.07, 6.45) is 2.15. The van der Waals surface area contributed by atoms with Crippen LogP contribution < -0.4 is 5.32 Å². The summed E-state index contributed by atoms with van der Waals surface area (Å²) in [6, 6.07) is -1.11. The van der Waals surface area contributed by atoms with Gasteiger partial charge in [-0.3, -0.25) is 4.79 Å². The lowest BCUT2D eigenvalue weighted by molar-refractivity contribution is -0.137. The van der Waals surface area contributed by atoms with Gasteiger partial charge < -0.3 is 24.8 Å². The van der Waals surface area contributed by atoms with E-state index in [4.69, 9.17) is 21.1 Å². The van der Waals surface area contributed by atoms with Crippen LogP contribution in [-0.2, 0) is 14.3 Å². The van der Waals surface area contributed by atoms with Crippen molar-refractivity contribution in [2.75, 3.05) is 13.2 Å². The minimum Gasteiger partial charge on any atom is -0.444 e. The van der Waals surface area contributed by atoms with E-state index in [2.05, 4.69) is 5.32 Å². The van der Waals surface area contributed by atoms with Gasteiger partial charge in [0.1, 0.15) is 17.7 Å². The number of hydrogen-bond acceptors (Lipinski definition) is 5. The number of nitrogens with zero attached hydrogens (tertiary/aromatic N) is 1. The summed E-state index contributed by atoms with van der Waals surface area (Å²) in [5.74, 6) is -0.132. The van der Waals surface area contributed by atoms with Crippen LogP contribution in [0.5, 0.6) is 0 Å². The quantitative estimate of drug-likeness (QED) is 0.718. The van der Waals surface area contributed by atoms with Crippen LogP contribution in [0.3, 0.4) is 0 Å². The number of hydrogen-bond donors (Lipinski definition) is 2. The van der Waals surface area contributed by atoms with Crippen LogP contribution in [-0.4, -0.2) is 70.4 Å². The average molecular weight is 389 g/mol. The molecule has 2 amide bonds. The van der Waals surface area contributed by atoms with Crippen LogP contribution >= 0.6 is 11.6 Å². The molecule has 2 heterocycles. The van der Waals surface area contributed by atoms with Gasteiger partial charge in [0.2, 0.25) is 5.91 Å². The van der Waals surface area contributed by atoms with Crippen molar-refractivity contribution in [1.29, 1.82) is 0 Å². The molecule has 2 aliphatic heterocycles. The molecule has 3 aliphatic rings. The third-order valence-corrected chi connectivity index (χ3v) is 5.76. The standard InChI is InChI=1S/C18H29ClN2O5/c1-18(2,3)26-17(24)20-13(10-6-4-5-7-10)16(23)21-8-11(19)15-14(21)12(22)9-25-15/h10-15,22H,4-9H2,1-3H3,(H,20,24)/t11-,12-,13-,14+,15+/m0/s1. The molecule has 3 rings (SSSR count). The molecule has 2 saturated heterocycles. The van der Waals surface area contributed by atoms with Crippen molar-refractivity contribution in [3.63, 3.8) is 0 Å². The highest BCUT2D eigenvalue weighted by molar-refractivity contribution is 6.21. The molecule has 0 unspecified atom stereocenters. The lowest BCUT2D eigenvalue weighted by Crippen LogP contribution is -2.55. The molecule has 1 saturated carbocycles. The second kappa shape index (κ2) is 7.52. The summed E-state index contributed by atoms with van der Waals surface area (Å²) in [4.78, 5) is 27.2. The number of carbonyl (C=O) groups excluding carboxylic acids is 2. The topological polar surface area (TPSA) is 88.1 Å². The number of aliphatic hydroxyl groups is 1. The second-order valence-corrected chi connectivity index (χ2v) is 9.09. The lowest BCUT2D eigenvalue weighted by Gasteiger charge is -2.32. The van der Waals surface area contributed by atoms with Gasteiger partial charge in [-0.1, -0.05) is 12.8 Å². The highest BCUT2D eigenvalue weighted by Gasteiger charge is 2.53. The third kappa shape index (κ3) is 4.10. The number of rotatable bonds is 3. The molecule has 0 bridgehead atoms. The summed E-state index contributed by atoms with van der Waals surface area (Å²) >= 11 is 6.33. The maximum Gasteiger partial charge on any atom is 0.408 e. The summed E-state index contributed by atoms with van der Waals surface area (Å²) in [5, 5.41) is 12.7. The Labute approximate surface area is 159 Å². The van der Waals surface area contributed by atoms with Gasteiger partial charge in [-0.15, -0.1) is 11.6 Å². The van der Waals surface area contributed by atoms with E-state index in [9.17, 15) is 14.7 Å². The summed E-state index contributed by atoms with van der Waals surface area (Å²) in [5.41, 5.74) is -0.636. The molecule has 3 fully saturated rings. The molecule has 0 aromatic carbocycles. The Kier molecular flexibility index (Phi) is 5.70. The van der Waals surface area contributed by atoms with Gasteiger partial charge >= 0.3 is 6.09 Å². The monoisotopic (exact) mass is 388 g/mol. The molecule has 0 aromatic heterocycles. The van der Waals surface area contributed by atoms with Gasteiger partial charge in [0, 0.05) is 6.54 Å². The SMILES string of the molecule is CC(C)(C)OC(=O)N[C@H](C(=O)N1C[C@H](Cl)[C@H]2OC[C@H](O)[C@H]21)C1CCCC1. The van der Waals surface area contributed by atoms with Gasteiger partial charge in [-0.25, -0.2) is 4.79 Å². The van der Waals surface area contributed by atoms with Crippen molar-refractivity contribution in [3.8, 4) is 0 Å². The van der Waals surface area contributed by atoms with Crippen LogP contribution in [0.25, 0.3) is 0 Å². The number of halogens is 1. The Morgan fingerprint density at radius 1 is 1.31 bits per heavy atom. The molecule has 1 aliphatic carbocycles. The molecule has 5 atom stereocenters. The number of alkyl halides is 1. The summed E-state index contributed by atoms with van der Waals surface area (Å²) < 4.78 is 10.9. The number of aliphatic hydroxyl groups excluding tert-OH is 1. The summed E-state index contributed by atoms with van der Waals surface area (Å²) in [7, 11) is 0. The van der Waals surface area contributed by atoms with Gasteiger partial charge in [0.25, 0.3) is 0 Å². The van der Waals surface area contributed by atoms with Crippen LogP contribution in [0.4, 0.5) is 4.79 Å². The Bertz CT molecular complexity index is 546. The fourth-order valence-corrected chi connectivity index (χ4v) is 4.64. The van der Waals surface area contributed by atoms with E-state index in [1.165, 1.54) is 0 Å². The highest BCUT2D eigenvalue weighted by Crippen LogP contribution is 2.35. The Balaban J connectivity index is 1.75. The predicted octanol–water partition coefficient (Wildman–Crippen LogP) is 1.65. The molecular formula is C18H29ClN2O5. The molecular weight excluding hydrogens is 360 g/mol. The van der Waals surface area contributed by atoms with Crippen LogP contribution in [0.15, 0.2) is 0 Å². The van der Waals surface area contributed by atoms with Gasteiger partial charge in [0.05, 0.1) is 24.1 Å². The van der Waals surface area contributed by atoms with Gasteiger partial charge in [-0.2, -0.15) is 0 Å². The van der Waals surface area contributed by atoms with Crippen LogP contribution in [0, 0.1) is 5.92 Å². The van der Waals surface area contributed by atoms with Crippen molar-refractivity contribution in [2.45, 2.75) is 81.7 Å². The fraction of sp³-hybridized carbons (Fsp3) is 0.889.